The average Bonchev–Trinajstić information content (AvgIpc) is 2.41. The summed E-state index contributed by atoms with van der Waals surface area (Å²) in [5.41, 5.74) is 0. The number of hydrogen-bond acceptors (Lipinski definition) is 4. The van der Waals surface area contributed by atoms with E-state index in [2.05, 4.69) is 0 Å². The fourth-order valence-electron chi connectivity index (χ4n) is 2.47. The van der Waals surface area contributed by atoms with Crippen molar-refractivity contribution in [1.29, 1.82) is 0 Å². The van der Waals surface area contributed by atoms with Crippen molar-refractivity contribution in [2.45, 2.75) is 77.7 Å². The van der Waals surface area contributed by atoms with Gasteiger partial charge in [0.1, 0.15) is 6.10 Å². The Labute approximate surface area is 122 Å². The van der Waals surface area contributed by atoms with Gasteiger partial charge in [0.15, 0.2) is 0 Å². The Morgan fingerprint density at radius 2 is 1.50 bits per heavy atom. The summed E-state index contributed by atoms with van der Waals surface area (Å²) in [6, 6.07) is 0. The molecule has 4 nitrogen and oxygen atoms in total. The van der Waals surface area contributed by atoms with Gasteiger partial charge in [-0.3, -0.25) is 9.59 Å². The summed E-state index contributed by atoms with van der Waals surface area (Å²) in [5, 5.41) is 0. The van der Waals surface area contributed by atoms with Crippen LogP contribution in [0.4, 0.5) is 0 Å². The van der Waals surface area contributed by atoms with Crippen LogP contribution in [-0.2, 0) is 19.1 Å². The fourth-order valence-corrected chi connectivity index (χ4v) is 2.47. The minimum atomic E-state index is -0.189. The molecule has 0 aromatic heterocycles. The SMILES string of the molecule is CCC1COC(=O)CCCCCCCCC(=O)OC1C. The molecule has 0 saturated carbocycles. The molecule has 0 aromatic rings. The number of carbonyl (C=O) groups is 2. The number of carbonyl (C=O) groups excluding carboxylic acids is 2. The molecule has 0 N–H and O–H groups in total. The molecule has 1 aliphatic rings. The van der Waals surface area contributed by atoms with Gasteiger partial charge in [0.25, 0.3) is 0 Å². The molecule has 1 rings (SSSR count). The van der Waals surface area contributed by atoms with E-state index in [1.54, 1.807) is 0 Å². The summed E-state index contributed by atoms with van der Waals surface area (Å²) in [7, 11) is 0. The highest BCUT2D eigenvalue weighted by atomic mass is 16.6. The summed E-state index contributed by atoms with van der Waals surface area (Å²) in [4.78, 5) is 23.4. The normalized spacial score (nSPS) is 27.9. The van der Waals surface area contributed by atoms with E-state index in [-0.39, 0.29) is 24.0 Å². The summed E-state index contributed by atoms with van der Waals surface area (Å²) in [6.07, 6.45) is 7.82. The van der Waals surface area contributed by atoms with Crippen molar-refractivity contribution in [2.24, 2.45) is 5.92 Å². The molecule has 2 atom stereocenters. The molecule has 0 radical (unpaired) electrons. The van der Waals surface area contributed by atoms with Gasteiger partial charge in [0, 0.05) is 18.8 Å². The van der Waals surface area contributed by atoms with Crippen molar-refractivity contribution in [3.05, 3.63) is 0 Å². The zero-order chi connectivity index (χ0) is 14.8. The van der Waals surface area contributed by atoms with Gasteiger partial charge in [-0.15, -0.1) is 0 Å². The van der Waals surface area contributed by atoms with E-state index in [1.807, 2.05) is 13.8 Å². The zero-order valence-corrected chi connectivity index (χ0v) is 12.9. The maximum Gasteiger partial charge on any atom is 0.306 e. The Hall–Kier alpha value is -1.06. The van der Waals surface area contributed by atoms with Crippen LogP contribution in [0.3, 0.4) is 0 Å². The monoisotopic (exact) mass is 284 g/mol. The Morgan fingerprint density at radius 1 is 0.950 bits per heavy atom. The van der Waals surface area contributed by atoms with E-state index in [0.717, 1.165) is 44.9 Å². The predicted octanol–water partition coefficient (Wildman–Crippen LogP) is 3.62. The van der Waals surface area contributed by atoms with E-state index in [1.165, 1.54) is 0 Å². The van der Waals surface area contributed by atoms with E-state index in [4.69, 9.17) is 9.47 Å². The molecule has 0 bridgehead atoms. The van der Waals surface area contributed by atoms with Crippen molar-refractivity contribution >= 4 is 11.9 Å². The smallest absolute Gasteiger partial charge is 0.306 e. The van der Waals surface area contributed by atoms with E-state index < -0.39 is 0 Å². The van der Waals surface area contributed by atoms with Crippen molar-refractivity contribution in [3.8, 4) is 0 Å². The Morgan fingerprint density at radius 3 is 2.10 bits per heavy atom. The van der Waals surface area contributed by atoms with Crippen molar-refractivity contribution in [3.63, 3.8) is 0 Å². The molecule has 4 heteroatoms. The molecule has 20 heavy (non-hydrogen) atoms. The highest BCUT2D eigenvalue weighted by Crippen LogP contribution is 2.16. The first-order valence-electron chi connectivity index (χ1n) is 7.98. The van der Waals surface area contributed by atoms with Gasteiger partial charge in [-0.05, 0) is 26.2 Å². The Balaban J connectivity index is 2.52. The van der Waals surface area contributed by atoms with Crippen LogP contribution < -0.4 is 0 Å². The van der Waals surface area contributed by atoms with Gasteiger partial charge in [-0.1, -0.05) is 32.6 Å². The van der Waals surface area contributed by atoms with Gasteiger partial charge in [-0.25, -0.2) is 0 Å². The topological polar surface area (TPSA) is 52.6 Å². The van der Waals surface area contributed by atoms with Crippen LogP contribution in [-0.4, -0.2) is 24.6 Å². The fraction of sp³-hybridized carbons (Fsp3) is 0.875. The molecular formula is C16H28O4. The van der Waals surface area contributed by atoms with Crippen LogP contribution >= 0.6 is 0 Å². The minimum Gasteiger partial charge on any atom is -0.465 e. The first-order valence-corrected chi connectivity index (χ1v) is 7.98. The van der Waals surface area contributed by atoms with Crippen LogP contribution in [0.25, 0.3) is 0 Å². The number of rotatable bonds is 1. The Kier molecular flexibility index (Phi) is 8.31. The third kappa shape index (κ3) is 6.92. The third-order valence-electron chi connectivity index (χ3n) is 3.98. The first-order chi connectivity index (χ1) is 9.63. The summed E-state index contributed by atoms with van der Waals surface area (Å²) in [6.45, 7) is 4.26. The van der Waals surface area contributed by atoms with E-state index >= 15 is 0 Å². The lowest BCUT2D eigenvalue weighted by Crippen LogP contribution is -2.28. The second-order valence-corrected chi connectivity index (χ2v) is 5.67. The molecule has 1 aliphatic heterocycles. The largest absolute Gasteiger partial charge is 0.465 e. The molecule has 0 aliphatic carbocycles. The molecule has 2 unspecified atom stereocenters. The number of cyclic esters (lactones) is 2. The van der Waals surface area contributed by atoms with Crippen LogP contribution in [0.15, 0.2) is 0 Å². The van der Waals surface area contributed by atoms with E-state index in [9.17, 15) is 9.59 Å². The summed E-state index contributed by atoms with van der Waals surface area (Å²) in [5.74, 6) is -0.165. The molecule has 116 valence electrons. The van der Waals surface area contributed by atoms with Crippen LogP contribution in [0.2, 0.25) is 0 Å². The Bertz CT molecular complexity index is 301. The highest BCUT2D eigenvalue weighted by Gasteiger charge is 2.21. The lowest BCUT2D eigenvalue weighted by molar-refractivity contribution is -0.154. The average molecular weight is 284 g/mol. The van der Waals surface area contributed by atoms with Gasteiger partial charge in [0.2, 0.25) is 0 Å². The lowest BCUT2D eigenvalue weighted by Gasteiger charge is -2.22. The number of ether oxygens (including phenoxy) is 2. The van der Waals surface area contributed by atoms with Gasteiger partial charge < -0.3 is 9.47 Å². The van der Waals surface area contributed by atoms with E-state index in [0.29, 0.717) is 19.4 Å². The molecular weight excluding hydrogens is 256 g/mol. The van der Waals surface area contributed by atoms with Gasteiger partial charge >= 0.3 is 11.9 Å². The van der Waals surface area contributed by atoms with Crippen LogP contribution in [0.1, 0.15) is 71.6 Å². The third-order valence-corrected chi connectivity index (χ3v) is 3.98. The number of esters is 2. The number of hydrogen-bond donors (Lipinski definition) is 0. The van der Waals surface area contributed by atoms with Crippen molar-refractivity contribution in [1.82, 2.24) is 0 Å². The quantitative estimate of drug-likeness (QED) is 0.690. The summed E-state index contributed by atoms with van der Waals surface area (Å²) >= 11 is 0. The van der Waals surface area contributed by atoms with Gasteiger partial charge in [0.05, 0.1) is 6.61 Å². The second kappa shape index (κ2) is 9.78. The maximum atomic E-state index is 11.7. The molecule has 1 heterocycles. The highest BCUT2D eigenvalue weighted by molar-refractivity contribution is 5.70. The van der Waals surface area contributed by atoms with Crippen LogP contribution in [0, 0.1) is 5.92 Å². The standard InChI is InChI=1S/C16H28O4/c1-3-14-12-19-15(17)10-8-6-4-5-7-9-11-16(18)20-13(14)2/h13-14H,3-12H2,1-2H3. The molecule has 1 saturated heterocycles. The summed E-state index contributed by atoms with van der Waals surface area (Å²) < 4.78 is 10.7. The van der Waals surface area contributed by atoms with Crippen LogP contribution in [0.5, 0.6) is 0 Å². The molecule has 0 aromatic carbocycles. The zero-order valence-electron chi connectivity index (χ0n) is 12.9. The maximum absolute atomic E-state index is 11.7. The lowest BCUT2D eigenvalue weighted by atomic mass is 10.0. The molecule has 0 spiro atoms. The van der Waals surface area contributed by atoms with Crippen molar-refractivity contribution in [2.75, 3.05) is 6.61 Å². The first kappa shape index (κ1) is 17.0. The van der Waals surface area contributed by atoms with Crippen molar-refractivity contribution < 1.29 is 19.1 Å². The van der Waals surface area contributed by atoms with Gasteiger partial charge in [-0.2, -0.15) is 0 Å². The predicted molar refractivity (Wildman–Crippen MR) is 77.2 cm³/mol. The minimum absolute atomic E-state index is 0.0908. The molecule has 0 amide bonds. The second-order valence-electron chi connectivity index (χ2n) is 5.67. The molecule has 1 fully saturated rings.